The van der Waals surface area contributed by atoms with Crippen molar-refractivity contribution in [2.24, 2.45) is 0 Å². The molecule has 0 amide bonds. The second kappa shape index (κ2) is 5.44. The van der Waals surface area contributed by atoms with E-state index >= 15 is 0 Å². The topological polar surface area (TPSA) is 35.2 Å². The average molecular weight is 261 g/mol. The van der Waals surface area contributed by atoms with Crippen LogP contribution in [-0.2, 0) is 0 Å². The van der Waals surface area contributed by atoms with Gasteiger partial charge in [0.1, 0.15) is 5.75 Å². The maximum atomic E-state index is 6.08. The third-order valence-electron chi connectivity index (χ3n) is 3.03. The van der Waals surface area contributed by atoms with Gasteiger partial charge in [0.05, 0.1) is 11.6 Å². The molecule has 2 N–H and O–H groups in total. The Hall–Kier alpha value is -1.48. The largest absolute Gasteiger partial charge is 0.494 e. The lowest BCUT2D eigenvalue weighted by Crippen LogP contribution is -1.94. The van der Waals surface area contributed by atoms with E-state index in [-0.39, 0.29) is 0 Å². The van der Waals surface area contributed by atoms with Crippen LogP contribution in [0.2, 0.25) is 0 Å². The Labute approximate surface area is 112 Å². The minimum atomic E-state index is 0.762. The minimum Gasteiger partial charge on any atom is -0.494 e. The lowest BCUT2D eigenvalue weighted by atomic mass is 10.0. The highest BCUT2D eigenvalue weighted by molar-refractivity contribution is 7.16. The van der Waals surface area contributed by atoms with Crippen LogP contribution in [0.3, 0.4) is 0 Å². The fourth-order valence-electron chi connectivity index (χ4n) is 1.95. The van der Waals surface area contributed by atoms with E-state index in [4.69, 9.17) is 10.5 Å². The van der Waals surface area contributed by atoms with Gasteiger partial charge in [-0.1, -0.05) is 19.1 Å². The Morgan fingerprint density at radius 2 is 1.83 bits per heavy atom. The molecule has 0 fully saturated rings. The quantitative estimate of drug-likeness (QED) is 0.885. The fourth-order valence-corrected chi connectivity index (χ4v) is 2.91. The molecule has 1 heterocycles. The molecule has 0 spiro atoms. The lowest BCUT2D eigenvalue weighted by molar-refractivity contribution is 0.317. The van der Waals surface area contributed by atoms with Crippen molar-refractivity contribution in [3.63, 3.8) is 0 Å². The molecular weight excluding hydrogens is 242 g/mol. The molecule has 0 aliphatic heterocycles. The molecule has 2 aromatic rings. The maximum Gasteiger partial charge on any atom is 0.119 e. The highest BCUT2D eigenvalue weighted by Crippen LogP contribution is 2.38. The predicted octanol–water partition coefficient (Wildman–Crippen LogP) is 4.40. The number of hydrogen-bond donors (Lipinski definition) is 1. The van der Waals surface area contributed by atoms with E-state index in [1.807, 2.05) is 12.1 Å². The van der Waals surface area contributed by atoms with Gasteiger partial charge in [0, 0.05) is 10.4 Å². The third kappa shape index (κ3) is 2.51. The summed E-state index contributed by atoms with van der Waals surface area (Å²) in [5.74, 6) is 0.920. The van der Waals surface area contributed by atoms with Crippen LogP contribution >= 0.6 is 11.3 Å². The third-order valence-corrected chi connectivity index (χ3v) is 4.06. The first-order chi connectivity index (χ1) is 8.63. The zero-order valence-corrected chi connectivity index (χ0v) is 11.9. The van der Waals surface area contributed by atoms with Gasteiger partial charge in [-0.25, -0.2) is 0 Å². The SMILES string of the molecule is CCCOc1ccc(-c2c(N)sc(C)c2C)cc1. The molecule has 0 saturated carbocycles. The number of ether oxygens (including phenoxy) is 1. The number of rotatable bonds is 4. The summed E-state index contributed by atoms with van der Waals surface area (Å²) in [5.41, 5.74) is 9.69. The molecule has 1 aromatic heterocycles. The zero-order valence-electron chi connectivity index (χ0n) is 11.1. The van der Waals surface area contributed by atoms with E-state index < -0.39 is 0 Å². The van der Waals surface area contributed by atoms with Crippen molar-refractivity contribution in [3.8, 4) is 16.9 Å². The van der Waals surface area contributed by atoms with Crippen LogP contribution in [0.15, 0.2) is 24.3 Å². The summed E-state index contributed by atoms with van der Waals surface area (Å²) >= 11 is 1.66. The number of hydrogen-bond acceptors (Lipinski definition) is 3. The number of nitrogen functional groups attached to an aromatic ring is 1. The van der Waals surface area contributed by atoms with Crippen molar-refractivity contribution in [2.45, 2.75) is 27.2 Å². The summed E-state index contributed by atoms with van der Waals surface area (Å²) in [4.78, 5) is 1.29. The molecule has 0 radical (unpaired) electrons. The van der Waals surface area contributed by atoms with Crippen LogP contribution in [0.25, 0.3) is 11.1 Å². The Morgan fingerprint density at radius 1 is 1.17 bits per heavy atom. The number of anilines is 1. The summed E-state index contributed by atoms with van der Waals surface area (Å²) in [6.45, 7) is 7.10. The highest BCUT2D eigenvalue weighted by Gasteiger charge is 2.11. The van der Waals surface area contributed by atoms with E-state index in [1.165, 1.54) is 16.0 Å². The molecule has 0 bridgehead atoms. The van der Waals surface area contributed by atoms with E-state index in [9.17, 15) is 0 Å². The fraction of sp³-hybridized carbons (Fsp3) is 0.333. The van der Waals surface area contributed by atoms with Crippen molar-refractivity contribution < 1.29 is 4.74 Å². The molecule has 0 atom stereocenters. The van der Waals surface area contributed by atoms with Gasteiger partial charge in [-0.15, -0.1) is 11.3 Å². The predicted molar refractivity (Wildman–Crippen MR) is 79.4 cm³/mol. The molecule has 0 saturated heterocycles. The smallest absolute Gasteiger partial charge is 0.119 e. The van der Waals surface area contributed by atoms with Gasteiger partial charge in [0.25, 0.3) is 0 Å². The number of nitrogens with two attached hydrogens (primary N) is 1. The molecule has 0 aliphatic carbocycles. The summed E-state index contributed by atoms with van der Waals surface area (Å²) in [6.07, 6.45) is 1.03. The minimum absolute atomic E-state index is 0.762. The first kappa shape index (κ1) is 13.0. The summed E-state index contributed by atoms with van der Waals surface area (Å²) in [6, 6.07) is 8.18. The molecule has 0 unspecified atom stereocenters. The van der Waals surface area contributed by atoms with E-state index in [0.29, 0.717) is 0 Å². The lowest BCUT2D eigenvalue weighted by Gasteiger charge is -2.07. The van der Waals surface area contributed by atoms with Gasteiger partial charge in [0.15, 0.2) is 0 Å². The van der Waals surface area contributed by atoms with Crippen LogP contribution in [0, 0.1) is 13.8 Å². The molecular formula is C15H19NOS. The van der Waals surface area contributed by atoms with Crippen LogP contribution in [0.5, 0.6) is 5.75 Å². The van der Waals surface area contributed by atoms with Crippen molar-refractivity contribution in [3.05, 3.63) is 34.7 Å². The Morgan fingerprint density at radius 3 is 2.33 bits per heavy atom. The molecule has 0 aliphatic rings. The van der Waals surface area contributed by atoms with Gasteiger partial charge in [-0.3, -0.25) is 0 Å². The summed E-state index contributed by atoms with van der Waals surface area (Å²) in [7, 11) is 0. The normalized spacial score (nSPS) is 10.6. The van der Waals surface area contributed by atoms with E-state index in [2.05, 4.69) is 32.9 Å². The number of thiophene rings is 1. The van der Waals surface area contributed by atoms with Crippen molar-refractivity contribution in [1.29, 1.82) is 0 Å². The molecule has 96 valence electrons. The van der Waals surface area contributed by atoms with E-state index in [1.54, 1.807) is 11.3 Å². The molecule has 18 heavy (non-hydrogen) atoms. The Bertz CT molecular complexity index is 528. The molecule has 2 rings (SSSR count). The van der Waals surface area contributed by atoms with Crippen LogP contribution in [0.4, 0.5) is 5.00 Å². The van der Waals surface area contributed by atoms with Crippen molar-refractivity contribution in [1.82, 2.24) is 0 Å². The zero-order chi connectivity index (χ0) is 13.1. The monoisotopic (exact) mass is 261 g/mol. The first-order valence-corrected chi connectivity index (χ1v) is 7.03. The van der Waals surface area contributed by atoms with Gasteiger partial charge in [0.2, 0.25) is 0 Å². The van der Waals surface area contributed by atoms with Crippen LogP contribution in [0.1, 0.15) is 23.8 Å². The number of aryl methyl sites for hydroxylation is 1. The van der Waals surface area contributed by atoms with Gasteiger partial charge in [-0.05, 0) is 43.5 Å². The average Bonchev–Trinajstić information content (AvgIpc) is 2.62. The highest BCUT2D eigenvalue weighted by atomic mass is 32.1. The summed E-state index contributed by atoms with van der Waals surface area (Å²) < 4.78 is 5.58. The summed E-state index contributed by atoms with van der Waals surface area (Å²) in [5, 5.41) is 0.896. The van der Waals surface area contributed by atoms with Gasteiger partial charge >= 0.3 is 0 Å². The second-order valence-corrected chi connectivity index (χ2v) is 5.65. The van der Waals surface area contributed by atoms with Crippen LogP contribution < -0.4 is 10.5 Å². The second-order valence-electron chi connectivity index (χ2n) is 4.40. The molecule has 1 aromatic carbocycles. The molecule has 2 nitrogen and oxygen atoms in total. The van der Waals surface area contributed by atoms with E-state index in [0.717, 1.165) is 29.3 Å². The maximum absolute atomic E-state index is 6.08. The van der Waals surface area contributed by atoms with Crippen LogP contribution in [-0.4, -0.2) is 6.61 Å². The van der Waals surface area contributed by atoms with Gasteiger partial charge in [-0.2, -0.15) is 0 Å². The molecule has 3 heteroatoms. The van der Waals surface area contributed by atoms with Gasteiger partial charge < -0.3 is 10.5 Å². The Kier molecular flexibility index (Phi) is 3.92. The Balaban J connectivity index is 2.29. The first-order valence-electron chi connectivity index (χ1n) is 6.22. The van der Waals surface area contributed by atoms with Crippen molar-refractivity contribution >= 4 is 16.3 Å². The van der Waals surface area contributed by atoms with Crippen molar-refractivity contribution in [2.75, 3.05) is 12.3 Å². The number of benzene rings is 1. The standard InChI is InChI=1S/C15H19NOS/c1-4-9-17-13-7-5-12(6-8-13)14-10(2)11(3)18-15(14)16/h5-8H,4,9,16H2,1-3H3.